The second-order valence-corrected chi connectivity index (χ2v) is 5.51. The van der Waals surface area contributed by atoms with Gasteiger partial charge in [-0.3, -0.25) is 0 Å². The van der Waals surface area contributed by atoms with E-state index in [2.05, 4.69) is 29.2 Å². The van der Waals surface area contributed by atoms with Crippen LogP contribution in [-0.4, -0.2) is 36.8 Å². The SMILES string of the molecule is CN(C)C[C@H](O)C1(c2ccccc2)CCCC1. The van der Waals surface area contributed by atoms with Crippen molar-refractivity contribution in [2.24, 2.45) is 0 Å². The first-order chi connectivity index (χ1) is 8.15. The molecule has 0 aliphatic heterocycles. The first kappa shape index (κ1) is 12.6. The molecule has 1 aromatic rings. The maximum Gasteiger partial charge on any atom is 0.0763 e. The molecule has 0 spiro atoms. The van der Waals surface area contributed by atoms with Gasteiger partial charge in [0.2, 0.25) is 0 Å². The molecule has 2 nitrogen and oxygen atoms in total. The van der Waals surface area contributed by atoms with Crippen LogP contribution in [0.25, 0.3) is 0 Å². The number of hydrogen-bond donors (Lipinski definition) is 1. The summed E-state index contributed by atoms with van der Waals surface area (Å²) in [6.07, 6.45) is 4.44. The maximum absolute atomic E-state index is 10.6. The van der Waals surface area contributed by atoms with Crippen molar-refractivity contribution >= 4 is 0 Å². The highest BCUT2D eigenvalue weighted by Crippen LogP contribution is 2.43. The molecule has 1 atom stereocenters. The molecule has 0 amide bonds. The Morgan fingerprint density at radius 1 is 1.18 bits per heavy atom. The molecular weight excluding hydrogens is 210 g/mol. The Hall–Kier alpha value is -0.860. The van der Waals surface area contributed by atoms with E-state index in [0.717, 1.165) is 19.4 Å². The Morgan fingerprint density at radius 3 is 2.29 bits per heavy atom. The summed E-state index contributed by atoms with van der Waals surface area (Å²) >= 11 is 0. The standard InChI is InChI=1S/C15H23NO/c1-16(2)12-14(17)15(10-6-7-11-15)13-8-4-3-5-9-13/h3-5,8-9,14,17H,6-7,10-12H2,1-2H3/t14-/m0/s1. The first-order valence-electron chi connectivity index (χ1n) is 6.53. The van der Waals surface area contributed by atoms with E-state index in [9.17, 15) is 5.11 Å². The molecule has 17 heavy (non-hydrogen) atoms. The van der Waals surface area contributed by atoms with Crippen molar-refractivity contribution in [1.82, 2.24) is 4.90 Å². The van der Waals surface area contributed by atoms with E-state index in [-0.39, 0.29) is 11.5 Å². The van der Waals surface area contributed by atoms with E-state index in [1.54, 1.807) is 0 Å². The highest BCUT2D eigenvalue weighted by Gasteiger charge is 2.41. The predicted molar refractivity (Wildman–Crippen MR) is 71.1 cm³/mol. The van der Waals surface area contributed by atoms with E-state index in [1.165, 1.54) is 18.4 Å². The van der Waals surface area contributed by atoms with E-state index in [1.807, 2.05) is 20.2 Å². The van der Waals surface area contributed by atoms with Crippen LogP contribution >= 0.6 is 0 Å². The molecular formula is C15H23NO. The fraction of sp³-hybridized carbons (Fsp3) is 0.600. The van der Waals surface area contributed by atoms with Gasteiger partial charge in [-0.15, -0.1) is 0 Å². The number of likely N-dealkylation sites (N-methyl/N-ethyl adjacent to an activating group) is 1. The third-order valence-electron chi connectivity index (χ3n) is 4.02. The number of rotatable bonds is 4. The second kappa shape index (κ2) is 5.19. The minimum atomic E-state index is -0.262. The largest absolute Gasteiger partial charge is 0.391 e. The normalized spacial score (nSPS) is 20.7. The summed E-state index contributed by atoms with van der Waals surface area (Å²) in [4.78, 5) is 2.08. The highest BCUT2D eigenvalue weighted by molar-refractivity contribution is 5.28. The molecule has 2 heteroatoms. The molecule has 2 rings (SSSR count). The smallest absolute Gasteiger partial charge is 0.0763 e. The minimum absolute atomic E-state index is 0.00840. The van der Waals surface area contributed by atoms with Crippen LogP contribution in [0.5, 0.6) is 0 Å². The topological polar surface area (TPSA) is 23.5 Å². The van der Waals surface area contributed by atoms with Crippen LogP contribution in [0.2, 0.25) is 0 Å². The van der Waals surface area contributed by atoms with Crippen molar-refractivity contribution in [2.75, 3.05) is 20.6 Å². The molecule has 1 aliphatic rings. The summed E-state index contributed by atoms with van der Waals surface area (Å²) in [6, 6.07) is 10.6. The van der Waals surface area contributed by atoms with Crippen molar-refractivity contribution in [3.8, 4) is 0 Å². The summed E-state index contributed by atoms with van der Waals surface area (Å²) in [5, 5.41) is 10.6. The molecule has 1 fully saturated rings. The van der Waals surface area contributed by atoms with Gasteiger partial charge in [0.1, 0.15) is 0 Å². The monoisotopic (exact) mass is 233 g/mol. The van der Waals surface area contributed by atoms with Crippen molar-refractivity contribution in [3.63, 3.8) is 0 Å². The van der Waals surface area contributed by atoms with Gasteiger partial charge in [-0.1, -0.05) is 43.2 Å². The maximum atomic E-state index is 10.6. The molecule has 0 heterocycles. The van der Waals surface area contributed by atoms with Crippen LogP contribution in [0.3, 0.4) is 0 Å². The first-order valence-corrected chi connectivity index (χ1v) is 6.53. The molecule has 0 saturated heterocycles. The fourth-order valence-electron chi connectivity index (χ4n) is 3.11. The van der Waals surface area contributed by atoms with Crippen LogP contribution in [0, 0.1) is 0 Å². The zero-order valence-electron chi connectivity index (χ0n) is 10.9. The molecule has 0 radical (unpaired) electrons. The van der Waals surface area contributed by atoms with Crippen molar-refractivity contribution in [2.45, 2.75) is 37.2 Å². The lowest BCUT2D eigenvalue weighted by Gasteiger charge is -2.36. The molecule has 94 valence electrons. The summed E-state index contributed by atoms with van der Waals surface area (Å²) in [7, 11) is 4.05. The Morgan fingerprint density at radius 2 is 1.76 bits per heavy atom. The number of benzene rings is 1. The van der Waals surface area contributed by atoms with Gasteiger partial charge < -0.3 is 10.0 Å². The number of aliphatic hydroxyl groups is 1. The number of hydrogen-bond acceptors (Lipinski definition) is 2. The van der Waals surface area contributed by atoms with Crippen LogP contribution < -0.4 is 0 Å². The molecule has 0 unspecified atom stereocenters. The van der Waals surface area contributed by atoms with E-state index < -0.39 is 0 Å². The van der Waals surface area contributed by atoms with Crippen molar-refractivity contribution < 1.29 is 5.11 Å². The minimum Gasteiger partial charge on any atom is -0.391 e. The summed E-state index contributed by atoms with van der Waals surface area (Å²) < 4.78 is 0. The highest BCUT2D eigenvalue weighted by atomic mass is 16.3. The van der Waals surface area contributed by atoms with Gasteiger partial charge in [0.25, 0.3) is 0 Å². The van der Waals surface area contributed by atoms with Crippen LogP contribution in [0.4, 0.5) is 0 Å². The van der Waals surface area contributed by atoms with Crippen molar-refractivity contribution in [3.05, 3.63) is 35.9 Å². The third-order valence-corrected chi connectivity index (χ3v) is 4.02. The lowest BCUT2D eigenvalue weighted by molar-refractivity contribution is 0.0579. The predicted octanol–water partition coefficient (Wildman–Crippen LogP) is 2.42. The molecule has 0 aromatic heterocycles. The van der Waals surface area contributed by atoms with E-state index >= 15 is 0 Å². The van der Waals surface area contributed by atoms with Gasteiger partial charge in [-0.25, -0.2) is 0 Å². The fourth-order valence-corrected chi connectivity index (χ4v) is 3.11. The third kappa shape index (κ3) is 2.53. The van der Waals surface area contributed by atoms with Gasteiger partial charge in [-0.05, 0) is 32.5 Å². The molecule has 1 N–H and O–H groups in total. The zero-order chi connectivity index (χ0) is 12.3. The summed E-state index contributed by atoms with van der Waals surface area (Å²) in [5.41, 5.74) is 1.30. The summed E-state index contributed by atoms with van der Waals surface area (Å²) in [5.74, 6) is 0. The molecule has 1 aromatic carbocycles. The van der Waals surface area contributed by atoms with Crippen LogP contribution in [0.1, 0.15) is 31.2 Å². The molecule has 1 aliphatic carbocycles. The van der Waals surface area contributed by atoms with Gasteiger partial charge in [0.05, 0.1) is 6.10 Å². The van der Waals surface area contributed by atoms with Crippen LogP contribution in [-0.2, 0) is 5.41 Å². The van der Waals surface area contributed by atoms with E-state index in [0.29, 0.717) is 0 Å². The molecule has 1 saturated carbocycles. The van der Waals surface area contributed by atoms with Gasteiger partial charge in [0.15, 0.2) is 0 Å². The van der Waals surface area contributed by atoms with Gasteiger partial charge >= 0.3 is 0 Å². The second-order valence-electron chi connectivity index (χ2n) is 5.51. The van der Waals surface area contributed by atoms with E-state index in [4.69, 9.17) is 0 Å². The lowest BCUT2D eigenvalue weighted by atomic mass is 9.74. The summed E-state index contributed by atoms with van der Waals surface area (Å²) in [6.45, 7) is 0.745. The molecule has 0 bridgehead atoms. The number of aliphatic hydroxyl groups excluding tert-OH is 1. The Labute approximate surface area is 104 Å². The van der Waals surface area contributed by atoms with Gasteiger partial charge in [0, 0.05) is 12.0 Å². The average Bonchev–Trinajstić information content (AvgIpc) is 2.79. The Bertz CT molecular complexity index is 341. The average molecular weight is 233 g/mol. The van der Waals surface area contributed by atoms with Crippen molar-refractivity contribution in [1.29, 1.82) is 0 Å². The Kier molecular flexibility index (Phi) is 3.85. The quantitative estimate of drug-likeness (QED) is 0.863. The number of nitrogens with zero attached hydrogens (tertiary/aromatic N) is 1. The Balaban J connectivity index is 2.27. The lowest BCUT2D eigenvalue weighted by Crippen LogP contribution is -2.43. The van der Waals surface area contributed by atoms with Gasteiger partial charge in [-0.2, -0.15) is 0 Å². The van der Waals surface area contributed by atoms with Crippen LogP contribution in [0.15, 0.2) is 30.3 Å². The zero-order valence-corrected chi connectivity index (χ0v) is 10.9.